The van der Waals surface area contributed by atoms with E-state index < -0.39 is 11.4 Å². The largest absolute Gasteiger partial charge is 0.593 e. The molecule has 1 saturated heterocycles. The lowest BCUT2D eigenvalue weighted by atomic mass is 10.2. The molecule has 1 unspecified atom stereocenters. The molecule has 0 spiro atoms. The number of hydrogen-bond donors (Lipinski definition) is 1. The Morgan fingerprint density at radius 2 is 2.04 bits per heavy atom. The topological polar surface area (TPSA) is 60.5 Å². The van der Waals surface area contributed by atoms with Crippen LogP contribution >= 0.6 is 11.6 Å². The summed E-state index contributed by atoms with van der Waals surface area (Å²) in [7, 11) is 0. The zero-order valence-corrected chi connectivity index (χ0v) is 16.0. The van der Waals surface area contributed by atoms with Crippen molar-refractivity contribution in [1.29, 1.82) is 0 Å². The Bertz CT molecular complexity index is 742. The summed E-state index contributed by atoms with van der Waals surface area (Å²) >= 11 is 4.76. The molecule has 26 heavy (non-hydrogen) atoms. The van der Waals surface area contributed by atoms with Crippen LogP contribution in [0.2, 0.25) is 5.02 Å². The number of nitrogens with one attached hydrogen (secondary N) is 1. The number of aromatic nitrogens is 1. The molecule has 7 heteroatoms. The highest BCUT2D eigenvalue weighted by Gasteiger charge is 2.28. The second kappa shape index (κ2) is 8.15. The first kappa shape index (κ1) is 18.1. The van der Waals surface area contributed by atoms with Crippen LogP contribution in [0.4, 0.5) is 0 Å². The van der Waals surface area contributed by atoms with Crippen molar-refractivity contribution in [3.05, 3.63) is 53.3 Å². The normalized spacial score (nSPS) is 21.7. The van der Waals surface area contributed by atoms with Crippen LogP contribution in [0.3, 0.4) is 0 Å². The number of likely N-dealkylation sites (tertiary alicyclic amines) is 1. The maximum absolute atomic E-state index is 12.5. The predicted octanol–water partition coefficient (Wildman–Crippen LogP) is 3.16. The Morgan fingerprint density at radius 3 is 2.77 bits per heavy atom. The molecule has 1 aromatic carbocycles. The van der Waals surface area contributed by atoms with Crippen LogP contribution in [0, 0.1) is 0 Å². The summed E-state index contributed by atoms with van der Waals surface area (Å²) in [6.07, 6.45) is 6.91. The zero-order chi connectivity index (χ0) is 17.9. The van der Waals surface area contributed by atoms with Gasteiger partial charge in [-0.05, 0) is 43.0 Å². The minimum Gasteiger partial charge on any atom is -0.593 e. The van der Waals surface area contributed by atoms with Gasteiger partial charge in [0.15, 0.2) is 0 Å². The van der Waals surface area contributed by atoms with Crippen molar-refractivity contribution in [3.63, 3.8) is 0 Å². The van der Waals surface area contributed by atoms with E-state index in [0.717, 1.165) is 31.8 Å². The Kier molecular flexibility index (Phi) is 5.66. The van der Waals surface area contributed by atoms with Gasteiger partial charge in [0.1, 0.15) is 10.8 Å². The lowest BCUT2D eigenvalue weighted by molar-refractivity contribution is 0.302. The number of hydrogen-bond acceptors (Lipinski definition) is 5. The maximum Gasteiger partial charge on any atom is 0.210 e. The molecule has 2 aliphatic rings. The van der Waals surface area contributed by atoms with Gasteiger partial charge in [-0.25, -0.2) is 0 Å². The van der Waals surface area contributed by atoms with E-state index in [1.807, 2.05) is 0 Å². The molecule has 2 fully saturated rings. The monoisotopic (exact) mass is 391 g/mol. The van der Waals surface area contributed by atoms with Crippen LogP contribution in [-0.2, 0) is 17.9 Å². The van der Waals surface area contributed by atoms with Crippen LogP contribution in [0.15, 0.2) is 47.6 Å². The van der Waals surface area contributed by atoms with Crippen molar-refractivity contribution in [3.8, 4) is 5.75 Å². The first-order valence-corrected chi connectivity index (χ1v) is 10.5. The second-order valence-corrected chi connectivity index (χ2v) is 8.49. The maximum atomic E-state index is 12.5. The molecule has 4 rings (SSSR count). The van der Waals surface area contributed by atoms with Gasteiger partial charge in [0, 0.05) is 25.8 Å². The van der Waals surface area contributed by atoms with Crippen LogP contribution in [-0.4, -0.2) is 39.7 Å². The highest BCUT2D eigenvalue weighted by molar-refractivity contribution is 7.89. The molecule has 1 saturated carbocycles. The molecule has 0 radical (unpaired) electrons. The van der Waals surface area contributed by atoms with Gasteiger partial charge in [-0.1, -0.05) is 23.7 Å². The Labute approximate surface area is 162 Å². The molecule has 1 aliphatic heterocycles. The summed E-state index contributed by atoms with van der Waals surface area (Å²) in [6, 6.07) is 10.2. The second-order valence-electron chi connectivity index (χ2n) is 6.87. The molecule has 2 atom stereocenters. The summed E-state index contributed by atoms with van der Waals surface area (Å²) < 4.78 is 21.4. The fourth-order valence-corrected chi connectivity index (χ4v) is 4.44. The van der Waals surface area contributed by atoms with Crippen LogP contribution in [0.25, 0.3) is 0 Å². The van der Waals surface area contributed by atoms with Crippen LogP contribution < -0.4 is 9.46 Å². The summed E-state index contributed by atoms with van der Waals surface area (Å²) in [5, 5.41) is 0.481. The first-order chi connectivity index (χ1) is 12.7. The van der Waals surface area contributed by atoms with E-state index in [1.54, 1.807) is 18.5 Å². The number of rotatable bonds is 7. The van der Waals surface area contributed by atoms with Crippen molar-refractivity contribution in [2.75, 3.05) is 13.1 Å². The predicted molar refractivity (Wildman–Crippen MR) is 103 cm³/mol. The lowest BCUT2D eigenvalue weighted by Gasteiger charge is -2.18. The standard InChI is InChI=1S/C19H22ClN3O2S/c20-18-7-9-21-11-19(18)26(24)22-15-8-10-23(13-15)12-14-1-3-16(4-2-14)25-17-5-6-17/h1-4,7,9,11,15,17,22H,5-6,8,10,12-13H2/t15-,26?/m1/s1. The van der Waals surface area contributed by atoms with E-state index in [4.69, 9.17) is 16.3 Å². The number of nitrogens with zero attached hydrogens (tertiary/aromatic N) is 2. The van der Waals surface area contributed by atoms with Gasteiger partial charge in [-0.15, -0.1) is 4.72 Å². The van der Waals surface area contributed by atoms with Crippen molar-refractivity contribution < 1.29 is 9.29 Å². The zero-order valence-electron chi connectivity index (χ0n) is 14.4. The molecule has 1 N–H and O–H groups in total. The molecular formula is C19H22ClN3O2S. The van der Waals surface area contributed by atoms with Gasteiger partial charge in [0.2, 0.25) is 4.90 Å². The van der Waals surface area contributed by atoms with E-state index in [2.05, 4.69) is 38.9 Å². The Hall–Kier alpha value is -1.31. The summed E-state index contributed by atoms with van der Waals surface area (Å²) in [5.74, 6) is 0.959. The minimum atomic E-state index is -1.34. The van der Waals surface area contributed by atoms with E-state index in [9.17, 15) is 4.55 Å². The lowest BCUT2D eigenvalue weighted by Crippen LogP contribution is -2.37. The van der Waals surface area contributed by atoms with E-state index in [-0.39, 0.29) is 6.04 Å². The molecule has 1 aliphatic carbocycles. The number of pyridine rings is 1. The average molecular weight is 392 g/mol. The van der Waals surface area contributed by atoms with E-state index in [1.165, 1.54) is 18.4 Å². The fourth-order valence-electron chi connectivity index (χ4n) is 3.10. The van der Waals surface area contributed by atoms with Crippen LogP contribution in [0.5, 0.6) is 5.75 Å². The van der Waals surface area contributed by atoms with Crippen molar-refractivity contribution in [2.45, 2.75) is 42.8 Å². The minimum absolute atomic E-state index is 0.185. The molecule has 5 nitrogen and oxygen atoms in total. The summed E-state index contributed by atoms with van der Waals surface area (Å²) in [4.78, 5) is 6.91. The fraction of sp³-hybridized carbons (Fsp3) is 0.421. The third kappa shape index (κ3) is 4.69. The van der Waals surface area contributed by atoms with Crippen LogP contribution in [0.1, 0.15) is 24.8 Å². The van der Waals surface area contributed by atoms with E-state index >= 15 is 0 Å². The van der Waals surface area contributed by atoms with Gasteiger partial charge in [0.25, 0.3) is 0 Å². The average Bonchev–Trinajstić information content (AvgIpc) is 3.35. The smallest absolute Gasteiger partial charge is 0.210 e. The van der Waals surface area contributed by atoms with E-state index in [0.29, 0.717) is 16.0 Å². The van der Waals surface area contributed by atoms with Gasteiger partial charge in [-0.2, -0.15) is 0 Å². The molecular weight excluding hydrogens is 370 g/mol. The number of benzene rings is 1. The third-order valence-corrected chi connectivity index (χ3v) is 6.35. The first-order valence-electron chi connectivity index (χ1n) is 8.93. The molecule has 1 aromatic heterocycles. The highest BCUT2D eigenvalue weighted by atomic mass is 35.5. The molecule has 0 bridgehead atoms. The molecule has 0 amide bonds. The SMILES string of the molecule is [O-][S+](N[C@@H]1CCN(Cc2ccc(OC3CC3)cc2)C1)c1cnccc1Cl. The third-order valence-electron chi connectivity index (χ3n) is 4.64. The van der Waals surface area contributed by atoms with Crippen molar-refractivity contribution >= 4 is 23.0 Å². The van der Waals surface area contributed by atoms with Crippen molar-refractivity contribution in [1.82, 2.24) is 14.6 Å². The Morgan fingerprint density at radius 1 is 1.23 bits per heavy atom. The molecule has 2 aromatic rings. The molecule has 138 valence electrons. The van der Waals surface area contributed by atoms with Gasteiger partial charge in [-0.3, -0.25) is 9.88 Å². The number of halogens is 1. The van der Waals surface area contributed by atoms with Gasteiger partial charge >= 0.3 is 0 Å². The van der Waals surface area contributed by atoms with Gasteiger partial charge in [0.05, 0.1) is 29.7 Å². The molecule has 2 heterocycles. The summed E-state index contributed by atoms with van der Waals surface area (Å²) in [6.45, 7) is 2.74. The quantitative estimate of drug-likeness (QED) is 0.734. The summed E-state index contributed by atoms with van der Waals surface area (Å²) in [5.41, 5.74) is 1.27. The van der Waals surface area contributed by atoms with Crippen molar-refractivity contribution in [2.24, 2.45) is 0 Å². The number of ether oxygens (including phenoxy) is 1. The Balaban J connectivity index is 1.27. The highest BCUT2D eigenvalue weighted by Crippen LogP contribution is 2.27. The van der Waals surface area contributed by atoms with Gasteiger partial charge < -0.3 is 9.29 Å².